The molecule has 0 radical (unpaired) electrons. The lowest BCUT2D eigenvalue weighted by Crippen LogP contribution is -2.02. The third-order valence-electron chi connectivity index (χ3n) is 2.30. The van der Waals surface area contributed by atoms with Gasteiger partial charge in [-0.2, -0.15) is 0 Å². The second-order valence-electron chi connectivity index (χ2n) is 3.64. The number of aryl methyl sites for hydroxylation is 1. The van der Waals surface area contributed by atoms with E-state index in [1.54, 1.807) is 12.1 Å². The Morgan fingerprint density at radius 3 is 2.94 bits per heavy atom. The predicted molar refractivity (Wildman–Crippen MR) is 61.9 cm³/mol. The summed E-state index contributed by atoms with van der Waals surface area (Å²) in [5.41, 5.74) is 1.44. The van der Waals surface area contributed by atoms with E-state index in [1.807, 2.05) is 12.3 Å². The Labute approximate surface area is 97.4 Å². The van der Waals surface area contributed by atoms with Crippen molar-refractivity contribution < 1.29 is 9.50 Å². The van der Waals surface area contributed by atoms with Crippen molar-refractivity contribution in [2.75, 3.05) is 0 Å². The number of hydrogen-bond acceptors (Lipinski definition) is 3. The van der Waals surface area contributed by atoms with Crippen LogP contribution in [0.3, 0.4) is 0 Å². The average molecular weight is 237 g/mol. The van der Waals surface area contributed by atoms with Crippen molar-refractivity contribution in [1.82, 2.24) is 4.98 Å². The van der Waals surface area contributed by atoms with Crippen LogP contribution in [0.5, 0.6) is 0 Å². The minimum Gasteiger partial charge on any atom is -0.386 e. The molecular weight excluding hydrogens is 225 g/mol. The maximum absolute atomic E-state index is 12.9. The Hall–Kier alpha value is -1.26. The van der Waals surface area contributed by atoms with E-state index in [9.17, 15) is 9.50 Å². The van der Waals surface area contributed by atoms with Crippen LogP contribution in [-0.2, 0) is 6.42 Å². The minimum absolute atomic E-state index is 0.279. The van der Waals surface area contributed by atoms with Gasteiger partial charge in [-0.1, -0.05) is 12.1 Å². The van der Waals surface area contributed by atoms with Crippen molar-refractivity contribution in [3.8, 4) is 0 Å². The first-order valence-corrected chi connectivity index (χ1v) is 5.87. The molecule has 4 heteroatoms. The Morgan fingerprint density at radius 2 is 2.31 bits per heavy atom. The number of halogens is 1. The summed E-state index contributed by atoms with van der Waals surface area (Å²) in [6.07, 6.45) is -0.271. The van der Waals surface area contributed by atoms with E-state index in [1.165, 1.54) is 23.5 Å². The molecule has 0 aliphatic rings. The van der Waals surface area contributed by atoms with Crippen LogP contribution in [0.15, 0.2) is 29.6 Å². The molecule has 2 rings (SSSR count). The van der Waals surface area contributed by atoms with Crippen LogP contribution in [0.1, 0.15) is 22.4 Å². The van der Waals surface area contributed by atoms with Gasteiger partial charge in [-0.05, 0) is 24.6 Å². The molecule has 1 aromatic heterocycles. The van der Waals surface area contributed by atoms with Crippen molar-refractivity contribution in [1.29, 1.82) is 0 Å². The number of benzene rings is 1. The maximum Gasteiger partial charge on any atom is 0.123 e. The molecule has 0 bridgehead atoms. The molecular formula is C12H12FNOS. The monoisotopic (exact) mass is 237 g/mol. The smallest absolute Gasteiger partial charge is 0.123 e. The highest BCUT2D eigenvalue weighted by Gasteiger charge is 2.11. The van der Waals surface area contributed by atoms with Crippen LogP contribution in [-0.4, -0.2) is 10.1 Å². The van der Waals surface area contributed by atoms with E-state index < -0.39 is 6.10 Å². The van der Waals surface area contributed by atoms with Crippen molar-refractivity contribution in [2.24, 2.45) is 0 Å². The molecule has 16 heavy (non-hydrogen) atoms. The van der Waals surface area contributed by atoms with E-state index >= 15 is 0 Å². The Bertz CT molecular complexity index is 483. The maximum atomic E-state index is 12.9. The van der Waals surface area contributed by atoms with Crippen LogP contribution in [0.4, 0.5) is 4.39 Å². The van der Waals surface area contributed by atoms with Crippen LogP contribution in [0, 0.1) is 12.7 Å². The zero-order valence-electron chi connectivity index (χ0n) is 8.85. The summed E-state index contributed by atoms with van der Waals surface area (Å²) in [7, 11) is 0. The molecule has 1 heterocycles. The van der Waals surface area contributed by atoms with Crippen molar-refractivity contribution in [2.45, 2.75) is 19.4 Å². The quantitative estimate of drug-likeness (QED) is 0.890. The van der Waals surface area contributed by atoms with E-state index in [0.717, 1.165) is 10.6 Å². The Balaban J connectivity index is 2.10. The summed E-state index contributed by atoms with van der Waals surface area (Å²) in [4.78, 5) is 4.20. The van der Waals surface area contributed by atoms with E-state index in [4.69, 9.17) is 0 Å². The van der Waals surface area contributed by atoms with Gasteiger partial charge in [0.25, 0.3) is 0 Å². The molecule has 1 atom stereocenters. The Morgan fingerprint density at radius 1 is 1.50 bits per heavy atom. The summed E-state index contributed by atoms with van der Waals surface area (Å²) in [5.74, 6) is -0.279. The average Bonchev–Trinajstić information content (AvgIpc) is 2.65. The van der Waals surface area contributed by atoms with Gasteiger partial charge in [0.05, 0.1) is 10.7 Å². The van der Waals surface area contributed by atoms with Gasteiger partial charge in [0.15, 0.2) is 0 Å². The lowest BCUT2D eigenvalue weighted by molar-refractivity contribution is 0.174. The number of aliphatic hydroxyl groups is 1. The molecule has 0 saturated heterocycles. The molecule has 0 saturated carbocycles. The minimum atomic E-state index is -0.660. The summed E-state index contributed by atoms with van der Waals surface area (Å²) < 4.78 is 12.9. The molecule has 1 aromatic carbocycles. The van der Waals surface area contributed by atoms with Gasteiger partial charge >= 0.3 is 0 Å². The highest BCUT2D eigenvalue weighted by Crippen LogP contribution is 2.20. The van der Waals surface area contributed by atoms with E-state index in [2.05, 4.69) is 4.98 Å². The van der Waals surface area contributed by atoms with Gasteiger partial charge in [-0.25, -0.2) is 9.37 Å². The third kappa shape index (κ3) is 2.65. The normalized spacial score (nSPS) is 12.7. The molecule has 2 aromatic rings. The molecule has 0 fully saturated rings. The fourth-order valence-corrected chi connectivity index (χ4v) is 2.18. The zero-order chi connectivity index (χ0) is 11.5. The highest BCUT2D eigenvalue weighted by molar-refractivity contribution is 7.09. The van der Waals surface area contributed by atoms with Crippen LogP contribution in [0.25, 0.3) is 0 Å². The Kier molecular flexibility index (Phi) is 3.31. The predicted octanol–water partition coefficient (Wildman–Crippen LogP) is 2.87. The standard InChI is InChI=1S/C12H12FNOS/c1-8-14-11(7-16-8)12(15)6-9-3-2-4-10(13)5-9/h2-5,7,12,15H,6H2,1H3. The largest absolute Gasteiger partial charge is 0.386 e. The number of aromatic nitrogens is 1. The van der Waals surface area contributed by atoms with Gasteiger partial charge in [-0.3, -0.25) is 0 Å². The first-order valence-electron chi connectivity index (χ1n) is 4.99. The van der Waals surface area contributed by atoms with Crippen molar-refractivity contribution >= 4 is 11.3 Å². The lowest BCUT2D eigenvalue weighted by Gasteiger charge is -2.07. The molecule has 1 unspecified atom stereocenters. The van der Waals surface area contributed by atoms with Gasteiger partial charge in [0.2, 0.25) is 0 Å². The SMILES string of the molecule is Cc1nc(C(O)Cc2cccc(F)c2)cs1. The molecule has 0 amide bonds. The highest BCUT2D eigenvalue weighted by atomic mass is 32.1. The van der Waals surface area contributed by atoms with Gasteiger partial charge in [0.1, 0.15) is 11.9 Å². The summed E-state index contributed by atoms with van der Waals surface area (Å²) in [6, 6.07) is 6.26. The van der Waals surface area contributed by atoms with Crippen molar-refractivity contribution in [3.63, 3.8) is 0 Å². The summed E-state index contributed by atoms with van der Waals surface area (Å²) in [6.45, 7) is 1.89. The number of nitrogens with zero attached hydrogens (tertiary/aromatic N) is 1. The molecule has 2 nitrogen and oxygen atoms in total. The van der Waals surface area contributed by atoms with Crippen LogP contribution in [0.2, 0.25) is 0 Å². The first kappa shape index (κ1) is 11.2. The molecule has 84 valence electrons. The second-order valence-corrected chi connectivity index (χ2v) is 4.70. The molecule has 0 aliphatic carbocycles. The van der Waals surface area contributed by atoms with Crippen LogP contribution < -0.4 is 0 Å². The third-order valence-corrected chi connectivity index (χ3v) is 3.09. The summed E-state index contributed by atoms with van der Waals surface area (Å²) in [5, 5.41) is 12.7. The van der Waals surface area contributed by atoms with Crippen molar-refractivity contribution in [3.05, 3.63) is 51.7 Å². The molecule has 0 spiro atoms. The number of hydrogen-bond donors (Lipinski definition) is 1. The fraction of sp³-hybridized carbons (Fsp3) is 0.250. The molecule has 0 aliphatic heterocycles. The van der Waals surface area contributed by atoms with Gasteiger partial charge < -0.3 is 5.11 Å². The van der Waals surface area contributed by atoms with E-state index in [0.29, 0.717) is 12.1 Å². The van der Waals surface area contributed by atoms with Crippen LogP contribution >= 0.6 is 11.3 Å². The van der Waals surface area contributed by atoms with E-state index in [-0.39, 0.29) is 5.82 Å². The van der Waals surface area contributed by atoms with Gasteiger partial charge in [-0.15, -0.1) is 11.3 Å². The first-order chi connectivity index (χ1) is 7.65. The molecule has 1 N–H and O–H groups in total. The number of aliphatic hydroxyl groups excluding tert-OH is 1. The second kappa shape index (κ2) is 4.72. The number of rotatable bonds is 3. The lowest BCUT2D eigenvalue weighted by atomic mass is 10.1. The number of thiazole rings is 1. The van der Waals surface area contributed by atoms with Gasteiger partial charge in [0, 0.05) is 11.8 Å². The zero-order valence-corrected chi connectivity index (χ0v) is 9.67. The fourth-order valence-electron chi connectivity index (χ4n) is 1.52. The topological polar surface area (TPSA) is 33.1 Å². The summed E-state index contributed by atoms with van der Waals surface area (Å²) >= 11 is 1.50.